The van der Waals surface area contributed by atoms with Gasteiger partial charge in [-0.15, -0.1) is 0 Å². The molecule has 9 aromatic carbocycles. The summed E-state index contributed by atoms with van der Waals surface area (Å²) in [6.07, 6.45) is 0. The van der Waals surface area contributed by atoms with Gasteiger partial charge in [0.05, 0.1) is 11.0 Å². The third-order valence-corrected chi connectivity index (χ3v) is 10.7. The lowest BCUT2D eigenvalue weighted by molar-refractivity contribution is 1.18. The van der Waals surface area contributed by atoms with Crippen molar-refractivity contribution in [3.8, 4) is 50.2 Å². The Kier molecular flexibility index (Phi) is 5.45. The number of fused-ring (bicyclic) bond motifs is 10. The summed E-state index contributed by atoms with van der Waals surface area (Å²) in [5, 5.41) is 10.4. The Bertz CT molecular complexity index is 2960. The Morgan fingerprint density at radius 3 is 1.65 bits per heavy atom. The Morgan fingerprint density at radius 1 is 0.286 bits per heavy atom. The summed E-state index contributed by atoms with van der Waals surface area (Å²) in [6.45, 7) is 0. The molecule has 0 fully saturated rings. The zero-order valence-corrected chi connectivity index (χ0v) is 26.7. The summed E-state index contributed by atoms with van der Waals surface area (Å²) >= 11 is 0. The van der Waals surface area contributed by atoms with Gasteiger partial charge in [-0.1, -0.05) is 133 Å². The number of hydrogen-bond donors (Lipinski definition) is 0. The molecule has 10 aromatic rings. The normalized spacial score (nSPS) is 12.1. The van der Waals surface area contributed by atoms with Gasteiger partial charge in [0, 0.05) is 16.5 Å². The second-order valence-electron chi connectivity index (χ2n) is 13.3. The maximum absolute atomic E-state index is 2.42. The van der Waals surface area contributed by atoms with Crippen LogP contribution in [0.2, 0.25) is 0 Å². The van der Waals surface area contributed by atoms with Crippen LogP contribution < -0.4 is 0 Å². The first-order valence-electron chi connectivity index (χ1n) is 17.0. The average Bonchev–Trinajstić information content (AvgIpc) is 3.69. The van der Waals surface area contributed by atoms with E-state index in [1.165, 1.54) is 104 Å². The van der Waals surface area contributed by atoms with Crippen LogP contribution in [0.4, 0.5) is 0 Å². The minimum absolute atomic E-state index is 1.18. The molecule has 0 bridgehead atoms. The predicted molar refractivity (Wildman–Crippen MR) is 209 cm³/mol. The molecule has 0 radical (unpaired) electrons. The highest BCUT2D eigenvalue weighted by Crippen LogP contribution is 2.48. The van der Waals surface area contributed by atoms with Crippen LogP contribution in [0.25, 0.3) is 104 Å². The zero-order chi connectivity index (χ0) is 32.1. The van der Waals surface area contributed by atoms with Gasteiger partial charge in [0.15, 0.2) is 0 Å². The lowest BCUT2D eigenvalue weighted by atomic mass is 9.94. The van der Waals surface area contributed by atoms with E-state index in [1.807, 2.05) is 0 Å². The van der Waals surface area contributed by atoms with E-state index in [1.54, 1.807) is 0 Å². The second-order valence-corrected chi connectivity index (χ2v) is 13.3. The molecule has 1 heterocycles. The van der Waals surface area contributed by atoms with Crippen LogP contribution in [0.1, 0.15) is 0 Å². The molecule has 1 nitrogen and oxygen atoms in total. The molecule has 0 saturated carbocycles. The smallest absolute Gasteiger partial charge is 0.0547 e. The van der Waals surface area contributed by atoms with Gasteiger partial charge in [-0.05, 0) is 119 Å². The van der Waals surface area contributed by atoms with E-state index in [0.29, 0.717) is 0 Å². The number of nitrogens with zero attached hydrogens (tertiary/aromatic N) is 1. The number of para-hydroxylation sites is 1. The number of hydrogen-bond acceptors (Lipinski definition) is 0. The Hall–Kier alpha value is -6.44. The van der Waals surface area contributed by atoms with Crippen LogP contribution in [-0.2, 0) is 0 Å². The molecule has 0 amide bonds. The van der Waals surface area contributed by atoms with Gasteiger partial charge in [0.2, 0.25) is 0 Å². The van der Waals surface area contributed by atoms with Gasteiger partial charge < -0.3 is 4.57 Å². The van der Waals surface area contributed by atoms with E-state index >= 15 is 0 Å². The molecule has 1 aliphatic carbocycles. The molecule has 1 heteroatoms. The Labute approximate surface area is 283 Å². The van der Waals surface area contributed by atoms with Crippen LogP contribution in [-0.4, -0.2) is 4.57 Å². The Morgan fingerprint density at radius 2 is 0.857 bits per heavy atom. The molecule has 0 atom stereocenters. The molecule has 0 unspecified atom stereocenters. The monoisotopic (exact) mass is 619 g/mol. The van der Waals surface area contributed by atoms with Gasteiger partial charge in [-0.3, -0.25) is 0 Å². The fraction of sp³-hybridized carbons (Fsp3) is 0. The van der Waals surface area contributed by atoms with E-state index in [-0.39, 0.29) is 0 Å². The van der Waals surface area contributed by atoms with E-state index in [9.17, 15) is 0 Å². The van der Waals surface area contributed by atoms with E-state index < -0.39 is 0 Å². The van der Waals surface area contributed by atoms with Crippen molar-refractivity contribution in [2.24, 2.45) is 0 Å². The molecule has 0 aliphatic heterocycles. The summed E-state index contributed by atoms with van der Waals surface area (Å²) in [5.74, 6) is 0. The number of benzene rings is 9. The third kappa shape index (κ3) is 3.82. The highest BCUT2D eigenvalue weighted by Gasteiger charge is 2.22. The minimum Gasteiger partial charge on any atom is -0.309 e. The van der Waals surface area contributed by atoms with Gasteiger partial charge in [0.25, 0.3) is 0 Å². The Balaban J connectivity index is 1.05. The molecule has 1 aromatic heterocycles. The lowest BCUT2D eigenvalue weighted by Gasteiger charge is -2.10. The average molecular weight is 620 g/mol. The molecular formula is C48H29N. The van der Waals surface area contributed by atoms with Crippen LogP contribution in [0.15, 0.2) is 176 Å². The van der Waals surface area contributed by atoms with Crippen molar-refractivity contribution in [3.63, 3.8) is 0 Å². The molecule has 0 N–H and O–H groups in total. The first kappa shape index (κ1) is 26.6. The van der Waals surface area contributed by atoms with E-state index in [0.717, 1.165) is 0 Å². The van der Waals surface area contributed by atoms with Crippen molar-refractivity contribution in [1.82, 2.24) is 4.57 Å². The molecule has 0 spiro atoms. The summed E-state index contributed by atoms with van der Waals surface area (Å²) in [7, 11) is 0. The van der Waals surface area contributed by atoms with Gasteiger partial charge in [-0.25, -0.2) is 0 Å². The fourth-order valence-electron chi connectivity index (χ4n) is 8.48. The molecule has 1 aliphatic rings. The highest BCUT2D eigenvalue weighted by molar-refractivity contribution is 6.28. The molecular weight excluding hydrogens is 591 g/mol. The maximum Gasteiger partial charge on any atom is 0.0547 e. The van der Waals surface area contributed by atoms with Crippen LogP contribution in [0.5, 0.6) is 0 Å². The minimum atomic E-state index is 1.18. The summed E-state index contributed by atoms with van der Waals surface area (Å²) in [5.41, 5.74) is 13.9. The van der Waals surface area contributed by atoms with Gasteiger partial charge >= 0.3 is 0 Å². The molecule has 49 heavy (non-hydrogen) atoms. The summed E-state index contributed by atoms with van der Waals surface area (Å²) < 4.78 is 2.42. The SMILES string of the molecule is c1ccc(-n2c3ccc4ccccc4c3c3c4ccc(-c5ccc(-c6cc7c8c(cccc8c6)-c6ccccc6-7)cc5)cc4ccc32)cc1. The van der Waals surface area contributed by atoms with Crippen molar-refractivity contribution in [3.05, 3.63) is 176 Å². The van der Waals surface area contributed by atoms with Crippen molar-refractivity contribution >= 4 is 54.1 Å². The summed E-state index contributed by atoms with van der Waals surface area (Å²) in [6, 6.07) is 64.9. The van der Waals surface area contributed by atoms with Crippen molar-refractivity contribution in [2.45, 2.75) is 0 Å². The largest absolute Gasteiger partial charge is 0.309 e. The highest BCUT2D eigenvalue weighted by atomic mass is 15.0. The van der Waals surface area contributed by atoms with E-state index in [2.05, 4.69) is 180 Å². The number of aromatic nitrogens is 1. The lowest BCUT2D eigenvalue weighted by Crippen LogP contribution is -1.93. The zero-order valence-electron chi connectivity index (χ0n) is 26.7. The molecule has 0 saturated heterocycles. The first-order valence-corrected chi connectivity index (χ1v) is 17.0. The van der Waals surface area contributed by atoms with Crippen LogP contribution >= 0.6 is 0 Å². The quantitative estimate of drug-likeness (QED) is 0.185. The molecule has 226 valence electrons. The summed E-state index contributed by atoms with van der Waals surface area (Å²) in [4.78, 5) is 0. The fourth-order valence-corrected chi connectivity index (χ4v) is 8.48. The predicted octanol–water partition coefficient (Wildman–Crippen LogP) is 13.2. The van der Waals surface area contributed by atoms with Crippen LogP contribution in [0, 0.1) is 0 Å². The van der Waals surface area contributed by atoms with Gasteiger partial charge in [-0.2, -0.15) is 0 Å². The van der Waals surface area contributed by atoms with Crippen LogP contribution in [0.3, 0.4) is 0 Å². The number of rotatable bonds is 3. The first-order chi connectivity index (χ1) is 24.3. The standard InChI is InChI=1S/C48H29N/c1-2-11-37(12-3-1)49-44-25-22-32-9-4-5-13-38(32)47(44)48-39-24-21-33(27-34(39)23-26-45(48)49)30-17-19-31(20-18-30)36-28-35-10-8-16-42-40-14-6-7-15-41(40)43(29-36)46(35)42/h1-29H. The van der Waals surface area contributed by atoms with Crippen molar-refractivity contribution in [1.29, 1.82) is 0 Å². The third-order valence-electron chi connectivity index (χ3n) is 10.7. The van der Waals surface area contributed by atoms with E-state index in [4.69, 9.17) is 0 Å². The maximum atomic E-state index is 2.42. The molecule has 11 rings (SSSR count). The topological polar surface area (TPSA) is 4.93 Å². The second kappa shape index (κ2) is 10.0. The van der Waals surface area contributed by atoms with Crippen molar-refractivity contribution < 1.29 is 0 Å². The van der Waals surface area contributed by atoms with Gasteiger partial charge in [0.1, 0.15) is 0 Å². The van der Waals surface area contributed by atoms with Crippen molar-refractivity contribution in [2.75, 3.05) is 0 Å².